The maximum Gasteiger partial charge on any atom is 0.264 e. The van der Waals surface area contributed by atoms with Gasteiger partial charge in [0.2, 0.25) is 5.88 Å². The molecule has 1 aromatic carbocycles. The standard InChI is InChI=1S/C14H15Br2N3O2/c1-2-3-4-5-11(20)18-19-13-9-6-8(15)7-10(16)12(9)17-14(13)21/h6-7,17,21H,2-5H2,1H3. The summed E-state index contributed by atoms with van der Waals surface area (Å²) in [5, 5.41) is 18.2. The lowest BCUT2D eigenvalue weighted by Gasteiger charge is -1.96. The second-order valence-electron chi connectivity index (χ2n) is 4.68. The minimum absolute atomic E-state index is 0.103. The van der Waals surface area contributed by atoms with Crippen LogP contribution in [0.3, 0.4) is 0 Å². The van der Waals surface area contributed by atoms with Crippen molar-refractivity contribution in [3.63, 3.8) is 0 Å². The fourth-order valence-electron chi connectivity index (χ4n) is 1.98. The molecule has 0 radical (unpaired) electrons. The zero-order chi connectivity index (χ0) is 15.4. The molecule has 0 unspecified atom stereocenters. The van der Waals surface area contributed by atoms with Gasteiger partial charge in [0.05, 0.1) is 5.52 Å². The van der Waals surface area contributed by atoms with Crippen LogP contribution in [0, 0.1) is 0 Å². The monoisotopic (exact) mass is 415 g/mol. The molecule has 0 saturated heterocycles. The lowest BCUT2D eigenvalue weighted by atomic mass is 10.2. The Morgan fingerprint density at radius 3 is 2.81 bits per heavy atom. The van der Waals surface area contributed by atoms with Crippen LogP contribution >= 0.6 is 31.9 Å². The minimum atomic E-state index is -0.272. The van der Waals surface area contributed by atoms with E-state index >= 15 is 0 Å². The van der Waals surface area contributed by atoms with Gasteiger partial charge in [-0.3, -0.25) is 4.79 Å². The number of hydrogen-bond donors (Lipinski definition) is 2. The van der Waals surface area contributed by atoms with Crippen LogP contribution in [0.25, 0.3) is 10.9 Å². The average molecular weight is 417 g/mol. The summed E-state index contributed by atoms with van der Waals surface area (Å²) in [7, 11) is 0. The second-order valence-corrected chi connectivity index (χ2v) is 6.45. The molecule has 0 saturated carbocycles. The zero-order valence-electron chi connectivity index (χ0n) is 11.5. The Hall–Kier alpha value is -1.21. The van der Waals surface area contributed by atoms with E-state index in [0.717, 1.165) is 28.2 Å². The van der Waals surface area contributed by atoms with Gasteiger partial charge < -0.3 is 10.1 Å². The molecule has 7 heteroatoms. The van der Waals surface area contributed by atoms with E-state index in [9.17, 15) is 9.90 Å². The molecule has 0 fully saturated rings. The van der Waals surface area contributed by atoms with Gasteiger partial charge in [0.15, 0.2) is 5.69 Å². The first kappa shape index (κ1) is 16.2. The third-order valence-corrected chi connectivity index (χ3v) is 4.12. The van der Waals surface area contributed by atoms with Gasteiger partial charge in [-0.05, 0) is 34.5 Å². The summed E-state index contributed by atoms with van der Waals surface area (Å²) in [6, 6.07) is 3.67. The lowest BCUT2D eigenvalue weighted by Crippen LogP contribution is -1.90. The molecule has 112 valence electrons. The smallest absolute Gasteiger partial charge is 0.264 e. The molecule has 21 heavy (non-hydrogen) atoms. The number of H-pyrrole nitrogens is 1. The van der Waals surface area contributed by atoms with Crippen LogP contribution in [0.15, 0.2) is 31.3 Å². The highest BCUT2D eigenvalue weighted by atomic mass is 79.9. The number of aromatic nitrogens is 1. The van der Waals surface area contributed by atoms with Gasteiger partial charge >= 0.3 is 0 Å². The molecule has 0 bridgehead atoms. The first-order valence-electron chi connectivity index (χ1n) is 6.67. The van der Waals surface area contributed by atoms with Gasteiger partial charge in [0.25, 0.3) is 5.91 Å². The quantitative estimate of drug-likeness (QED) is 0.492. The molecule has 5 nitrogen and oxygen atoms in total. The molecule has 2 N–H and O–H groups in total. The van der Waals surface area contributed by atoms with Crippen molar-refractivity contribution in [2.24, 2.45) is 10.2 Å². The highest BCUT2D eigenvalue weighted by Crippen LogP contribution is 2.40. The van der Waals surface area contributed by atoms with Gasteiger partial charge in [-0.15, -0.1) is 10.2 Å². The number of hydrogen-bond acceptors (Lipinski definition) is 3. The largest absolute Gasteiger partial charge is 0.493 e. The van der Waals surface area contributed by atoms with Crippen LogP contribution in [0.5, 0.6) is 5.88 Å². The molecule has 1 aromatic heterocycles. The van der Waals surface area contributed by atoms with Gasteiger partial charge in [-0.25, -0.2) is 0 Å². The molecule has 0 aliphatic heterocycles. The van der Waals surface area contributed by atoms with E-state index in [-0.39, 0.29) is 17.5 Å². The third kappa shape index (κ3) is 3.91. The molecule has 1 heterocycles. The van der Waals surface area contributed by atoms with Crippen LogP contribution < -0.4 is 0 Å². The number of rotatable bonds is 5. The second kappa shape index (κ2) is 7.17. The Kier molecular flexibility index (Phi) is 5.52. The molecule has 2 aromatic rings. The minimum Gasteiger partial charge on any atom is -0.493 e. The number of carbonyl (C=O) groups excluding carboxylic acids is 1. The van der Waals surface area contributed by atoms with E-state index in [1.165, 1.54) is 0 Å². The van der Waals surface area contributed by atoms with Crippen molar-refractivity contribution in [1.29, 1.82) is 0 Å². The molecule has 0 atom stereocenters. The fraction of sp³-hybridized carbons (Fsp3) is 0.357. The molecular formula is C14H15Br2N3O2. The van der Waals surface area contributed by atoms with E-state index in [0.29, 0.717) is 17.3 Å². The van der Waals surface area contributed by atoms with Crippen LogP contribution in [-0.4, -0.2) is 16.0 Å². The van der Waals surface area contributed by atoms with E-state index in [1.54, 1.807) is 0 Å². The van der Waals surface area contributed by atoms with Crippen molar-refractivity contribution in [3.05, 3.63) is 21.1 Å². The van der Waals surface area contributed by atoms with Crippen molar-refractivity contribution in [2.75, 3.05) is 0 Å². The van der Waals surface area contributed by atoms with Crippen molar-refractivity contribution in [2.45, 2.75) is 32.6 Å². The predicted octanol–water partition coefficient (Wildman–Crippen LogP) is 5.59. The Labute approximate surface area is 139 Å². The lowest BCUT2D eigenvalue weighted by molar-refractivity contribution is -0.118. The summed E-state index contributed by atoms with van der Waals surface area (Å²) in [6.45, 7) is 2.08. The summed E-state index contributed by atoms with van der Waals surface area (Å²) in [4.78, 5) is 14.4. The summed E-state index contributed by atoms with van der Waals surface area (Å²) in [6.07, 6.45) is 3.24. The van der Waals surface area contributed by atoms with Gasteiger partial charge in [-0.1, -0.05) is 35.7 Å². The summed E-state index contributed by atoms with van der Waals surface area (Å²) in [5.74, 6) is -0.375. The van der Waals surface area contributed by atoms with Crippen LogP contribution in [0.4, 0.5) is 5.69 Å². The van der Waals surface area contributed by atoms with Crippen molar-refractivity contribution in [3.8, 4) is 5.88 Å². The molecule has 1 amide bonds. The van der Waals surface area contributed by atoms with Gasteiger partial charge in [-0.2, -0.15) is 0 Å². The number of halogens is 2. The average Bonchev–Trinajstić information content (AvgIpc) is 2.73. The SMILES string of the molecule is CCCCCC(=O)N=Nc1c(O)[nH]c2c(Br)cc(Br)cc12. The molecular weight excluding hydrogens is 402 g/mol. The van der Waals surface area contributed by atoms with E-state index < -0.39 is 0 Å². The molecule has 2 rings (SSSR count). The summed E-state index contributed by atoms with van der Waals surface area (Å²) in [5.41, 5.74) is 0.985. The predicted molar refractivity (Wildman–Crippen MR) is 89.0 cm³/mol. The Morgan fingerprint density at radius 1 is 1.33 bits per heavy atom. The van der Waals surface area contributed by atoms with Gasteiger partial charge in [0, 0.05) is 20.8 Å². The number of unbranched alkanes of at least 4 members (excludes halogenated alkanes) is 2. The number of aromatic amines is 1. The maximum absolute atomic E-state index is 11.6. The van der Waals surface area contributed by atoms with Crippen LogP contribution in [-0.2, 0) is 4.79 Å². The van der Waals surface area contributed by atoms with Crippen molar-refractivity contribution < 1.29 is 9.90 Å². The van der Waals surface area contributed by atoms with E-state index in [4.69, 9.17) is 0 Å². The number of fused-ring (bicyclic) bond motifs is 1. The molecule has 0 aliphatic rings. The normalized spacial score (nSPS) is 11.6. The first-order valence-corrected chi connectivity index (χ1v) is 8.25. The van der Waals surface area contributed by atoms with E-state index in [2.05, 4.69) is 54.0 Å². The molecule has 0 spiro atoms. The van der Waals surface area contributed by atoms with Crippen molar-refractivity contribution in [1.82, 2.24) is 4.98 Å². The molecule has 0 aliphatic carbocycles. The number of carbonyl (C=O) groups is 1. The number of azo groups is 1. The highest BCUT2D eigenvalue weighted by molar-refractivity contribution is 9.11. The van der Waals surface area contributed by atoms with Crippen molar-refractivity contribution >= 4 is 54.4 Å². The summed E-state index contributed by atoms with van der Waals surface area (Å²) < 4.78 is 1.63. The topological polar surface area (TPSA) is 77.8 Å². The number of aromatic hydroxyl groups is 1. The van der Waals surface area contributed by atoms with Crippen LogP contribution in [0.2, 0.25) is 0 Å². The Balaban J connectivity index is 2.26. The highest BCUT2D eigenvalue weighted by Gasteiger charge is 2.14. The number of benzene rings is 1. The van der Waals surface area contributed by atoms with Gasteiger partial charge in [0.1, 0.15) is 0 Å². The Bertz CT molecular complexity index is 695. The zero-order valence-corrected chi connectivity index (χ0v) is 14.7. The summed E-state index contributed by atoms with van der Waals surface area (Å²) >= 11 is 6.79. The number of amides is 1. The Morgan fingerprint density at radius 2 is 2.10 bits per heavy atom. The third-order valence-electron chi connectivity index (χ3n) is 3.03. The number of nitrogens with zero attached hydrogens (tertiary/aromatic N) is 2. The first-order chi connectivity index (χ1) is 10.0. The van der Waals surface area contributed by atoms with Crippen LogP contribution in [0.1, 0.15) is 32.6 Å². The maximum atomic E-state index is 11.6. The number of nitrogens with one attached hydrogen (secondary N) is 1. The fourth-order valence-corrected chi connectivity index (χ4v) is 3.30. The van der Waals surface area contributed by atoms with E-state index in [1.807, 2.05) is 12.1 Å².